The molecule has 0 radical (unpaired) electrons. The third-order valence-corrected chi connectivity index (χ3v) is 5.05. The van der Waals surface area contributed by atoms with Gasteiger partial charge in [-0.25, -0.2) is 0 Å². The van der Waals surface area contributed by atoms with Gasteiger partial charge < -0.3 is 14.3 Å². The van der Waals surface area contributed by atoms with E-state index < -0.39 is 0 Å². The summed E-state index contributed by atoms with van der Waals surface area (Å²) in [6, 6.07) is 10.2. The summed E-state index contributed by atoms with van der Waals surface area (Å²) >= 11 is 1.90. The van der Waals surface area contributed by atoms with Gasteiger partial charge in [0.1, 0.15) is 5.58 Å². The quantitative estimate of drug-likeness (QED) is 0.802. The highest BCUT2D eigenvalue weighted by molar-refractivity contribution is 7.99. The second-order valence-corrected chi connectivity index (χ2v) is 6.22. The van der Waals surface area contributed by atoms with E-state index >= 15 is 0 Å². The van der Waals surface area contributed by atoms with E-state index in [1.165, 1.54) is 0 Å². The molecule has 0 aliphatic carbocycles. The molecule has 1 aliphatic heterocycles. The molecule has 21 heavy (non-hydrogen) atoms. The fraction of sp³-hybridized carbons (Fsp3) is 0.333. The molecule has 2 atom stereocenters. The lowest BCUT2D eigenvalue weighted by atomic mass is 10.0. The highest BCUT2D eigenvalue weighted by Gasteiger charge is 2.32. The predicted molar refractivity (Wildman–Crippen MR) is 82.4 cm³/mol. The second kappa shape index (κ2) is 5.20. The van der Waals surface area contributed by atoms with Crippen LogP contribution in [-0.2, 0) is 0 Å². The Kier molecular flexibility index (Phi) is 3.20. The van der Waals surface area contributed by atoms with Crippen LogP contribution < -0.4 is 5.32 Å². The van der Waals surface area contributed by atoms with Gasteiger partial charge in [-0.2, -0.15) is 16.7 Å². The normalized spacial score (nSPS) is 22.1. The summed E-state index contributed by atoms with van der Waals surface area (Å²) in [5.41, 5.74) is 0.836. The Balaban J connectivity index is 1.67. The number of nitrogens with zero attached hydrogens (tertiary/aromatic N) is 2. The van der Waals surface area contributed by atoms with Crippen molar-refractivity contribution in [3.8, 4) is 11.6 Å². The molecule has 0 bridgehead atoms. The molecule has 0 amide bonds. The van der Waals surface area contributed by atoms with Gasteiger partial charge >= 0.3 is 0 Å². The number of hydrogen-bond acceptors (Lipinski definition) is 6. The zero-order valence-electron chi connectivity index (χ0n) is 11.6. The summed E-state index contributed by atoms with van der Waals surface area (Å²) in [6.07, 6.45) is 0. The predicted octanol–water partition coefficient (Wildman–Crippen LogP) is 2.90. The first kappa shape index (κ1) is 12.9. The van der Waals surface area contributed by atoms with E-state index in [2.05, 4.69) is 15.5 Å². The van der Waals surface area contributed by atoms with Gasteiger partial charge in [-0.15, -0.1) is 0 Å². The summed E-state index contributed by atoms with van der Waals surface area (Å²) in [7, 11) is 1.97. The van der Waals surface area contributed by atoms with Crippen molar-refractivity contribution < 1.29 is 8.94 Å². The van der Waals surface area contributed by atoms with Crippen molar-refractivity contribution in [2.75, 3.05) is 18.6 Å². The van der Waals surface area contributed by atoms with Gasteiger partial charge in [-0.3, -0.25) is 0 Å². The van der Waals surface area contributed by atoms with Crippen LogP contribution in [0.25, 0.3) is 22.6 Å². The Bertz CT molecular complexity index is 734. The topological polar surface area (TPSA) is 64.1 Å². The fourth-order valence-corrected chi connectivity index (χ4v) is 4.08. The molecule has 1 saturated heterocycles. The number of aromatic nitrogens is 2. The molecule has 1 fully saturated rings. The van der Waals surface area contributed by atoms with Crippen molar-refractivity contribution >= 4 is 22.7 Å². The number of thioether (sulfide) groups is 1. The van der Waals surface area contributed by atoms with Gasteiger partial charge in [0.15, 0.2) is 5.76 Å². The lowest BCUT2D eigenvalue weighted by Crippen LogP contribution is -2.30. The molecule has 0 saturated carbocycles. The minimum absolute atomic E-state index is 0.269. The van der Waals surface area contributed by atoms with Gasteiger partial charge in [0, 0.05) is 22.9 Å². The number of rotatable bonds is 3. The van der Waals surface area contributed by atoms with Crippen molar-refractivity contribution in [1.29, 1.82) is 0 Å². The highest BCUT2D eigenvalue weighted by Crippen LogP contribution is 2.33. The Labute approximate surface area is 126 Å². The highest BCUT2D eigenvalue weighted by atomic mass is 32.2. The van der Waals surface area contributed by atoms with Crippen LogP contribution >= 0.6 is 11.8 Å². The van der Waals surface area contributed by atoms with Crippen molar-refractivity contribution in [2.45, 2.75) is 12.0 Å². The van der Waals surface area contributed by atoms with Crippen LogP contribution in [0.3, 0.4) is 0 Å². The molecule has 2 unspecified atom stereocenters. The first-order valence-corrected chi connectivity index (χ1v) is 8.08. The SMILES string of the molecule is CNC1CSCC1c1nc(-c2cc3ccccc3o2)no1. The molecule has 1 aromatic carbocycles. The van der Waals surface area contributed by atoms with E-state index in [-0.39, 0.29) is 5.92 Å². The van der Waals surface area contributed by atoms with Crippen molar-refractivity contribution in [3.63, 3.8) is 0 Å². The summed E-state index contributed by atoms with van der Waals surface area (Å²) < 4.78 is 11.2. The summed E-state index contributed by atoms with van der Waals surface area (Å²) in [5.74, 6) is 4.21. The first-order chi connectivity index (χ1) is 10.3. The molecular weight excluding hydrogens is 286 g/mol. The van der Waals surface area contributed by atoms with Crippen LogP contribution in [0.15, 0.2) is 39.3 Å². The number of furan rings is 1. The zero-order chi connectivity index (χ0) is 14.2. The Morgan fingerprint density at radius 1 is 1.29 bits per heavy atom. The molecule has 5 nitrogen and oxygen atoms in total. The van der Waals surface area contributed by atoms with Gasteiger partial charge in [0.2, 0.25) is 11.7 Å². The maximum Gasteiger partial charge on any atom is 0.238 e. The second-order valence-electron chi connectivity index (χ2n) is 5.14. The maximum atomic E-state index is 5.78. The van der Waals surface area contributed by atoms with E-state index in [1.54, 1.807) is 0 Å². The van der Waals surface area contributed by atoms with Crippen molar-refractivity contribution in [1.82, 2.24) is 15.5 Å². The molecule has 1 aliphatic rings. The molecule has 3 aromatic rings. The molecule has 6 heteroatoms. The van der Waals surface area contributed by atoms with E-state index in [9.17, 15) is 0 Å². The standard InChI is InChI=1S/C15H15N3O2S/c1-16-11-8-21-7-10(11)15-17-14(18-20-15)13-6-9-4-2-3-5-12(9)19-13/h2-6,10-11,16H,7-8H2,1H3. The molecular formula is C15H15N3O2S. The van der Waals surface area contributed by atoms with E-state index in [1.807, 2.05) is 49.1 Å². The summed E-state index contributed by atoms with van der Waals surface area (Å²) in [5, 5.41) is 8.43. The first-order valence-electron chi connectivity index (χ1n) is 6.92. The molecule has 4 rings (SSSR count). The Morgan fingerprint density at radius 2 is 2.19 bits per heavy atom. The lowest BCUT2D eigenvalue weighted by molar-refractivity contribution is 0.343. The van der Waals surface area contributed by atoms with E-state index in [0.717, 1.165) is 22.5 Å². The molecule has 2 aromatic heterocycles. The van der Waals surface area contributed by atoms with Gasteiger partial charge in [0.05, 0.1) is 5.92 Å². The zero-order valence-corrected chi connectivity index (χ0v) is 12.4. The average molecular weight is 301 g/mol. The Morgan fingerprint density at radius 3 is 3.05 bits per heavy atom. The average Bonchev–Trinajstić information content (AvgIpc) is 3.23. The third-order valence-electron chi connectivity index (χ3n) is 3.86. The van der Waals surface area contributed by atoms with E-state index in [4.69, 9.17) is 8.94 Å². The van der Waals surface area contributed by atoms with Crippen LogP contribution in [0, 0.1) is 0 Å². The number of fused-ring (bicyclic) bond motifs is 1. The lowest BCUT2D eigenvalue weighted by Gasteiger charge is -2.12. The van der Waals surface area contributed by atoms with Crippen LogP contribution in [0.1, 0.15) is 11.8 Å². The number of para-hydroxylation sites is 1. The van der Waals surface area contributed by atoms with Crippen LogP contribution in [0.4, 0.5) is 0 Å². The number of hydrogen-bond donors (Lipinski definition) is 1. The fourth-order valence-electron chi connectivity index (χ4n) is 2.66. The molecule has 108 valence electrons. The van der Waals surface area contributed by atoms with Gasteiger partial charge in [-0.1, -0.05) is 23.4 Å². The number of likely N-dealkylation sites (N-methyl/N-ethyl adjacent to an activating group) is 1. The number of benzene rings is 1. The van der Waals surface area contributed by atoms with Crippen LogP contribution in [0.2, 0.25) is 0 Å². The summed E-state index contributed by atoms with van der Waals surface area (Å²) in [6.45, 7) is 0. The van der Waals surface area contributed by atoms with Gasteiger partial charge in [-0.05, 0) is 19.2 Å². The van der Waals surface area contributed by atoms with Crippen LogP contribution in [0.5, 0.6) is 0 Å². The number of nitrogens with one attached hydrogen (secondary N) is 1. The molecule has 0 spiro atoms. The monoisotopic (exact) mass is 301 g/mol. The van der Waals surface area contributed by atoms with Crippen molar-refractivity contribution in [3.05, 3.63) is 36.2 Å². The minimum Gasteiger partial charge on any atom is -0.453 e. The minimum atomic E-state index is 0.269. The van der Waals surface area contributed by atoms with Crippen molar-refractivity contribution in [2.24, 2.45) is 0 Å². The molecule has 3 heterocycles. The van der Waals surface area contributed by atoms with E-state index in [0.29, 0.717) is 23.5 Å². The smallest absolute Gasteiger partial charge is 0.238 e. The Hall–Kier alpha value is -1.79. The van der Waals surface area contributed by atoms with Crippen LogP contribution in [-0.4, -0.2) is 34.7 Å². The maximum absolute atomic E-state index is 5.78. The largest absolute Gasteiger partial charge is 0.453 e. The third kappa shape index (κ3) is 2.24. The summed E-state index contributed by atoms with van der Waals surface area (Å²) in [4.78, 5) is 4.53. The molecule has 1 N–H and O–H groups in total. The van der Waals surface area contributed by atoms with Gasteiger partial charge in [0.25, 0.3) is 0 Å².